The Bertz CT molecular complexity index is 474. The average molecular weight is 364 g/mol. The summed E-state index contributed by atoms with van der Waals surface area (Å²) in [5.74, 6) is 1.26. The Balaban J connectivity index is 1.25. The minimum atomic E-state index is 0.335. The first-order chi connectivity index (χ1) is 12.7. The number of piperidine rings is 1. The lowest BCUT2D eigenvalue weighted by Gasteiger charge is -2.42. The summed E-state index contributed by atoms with van der Waals surface area (Å²) in [5.41, 5.74) is 0.382. The first-order valence-corrected chi connectivity index (χ1v) is 11.1. The number of rotatable bonds is 5. The van der Waals surface area contributed by atoms with Gasteiger partial charge in [-0.25, -0.2) is 0 Å². The number of hydrogen-bond acceptors (Lipinski definition) is 4. The van der Waals surface area contributed by atoms with E-state index >= 15 is 0 Å². The maximum absolute atomic E-state index is 12.7. The highest BCUT2D eigenvalue weighted by atomic mass is 16.7. The van der Waals surface area contributed by atoms with Crippen molar-refractivity contribution < 1.29 is 9.63 Å². The van der Waals surface area contributed by atoms with E-state index in [9.17, 15) is 4.79 Å². The lowest BCUT2D eigenvalue weighted by atomic mass is 9.78. The van der Waals surface area contributed by atoms with Gasteiger partial charge in [0.2, 0.25) is 5.91 Å². The number of carbonyl (C=O) groups excluding carboxylic acids is 1. The second-order valence-corrected chi connectivity index (χ2v) is 9.27. The maximum atomic E-state index is 12.7. The summed E-state index contributed by atoms with van der Waals surface area (Å²) in [6, 6.07) is 0. The molecule has 0 N–H and O–H groups in total. The molecule has 3 aliphatic heterocycles. The van der Waals surface area contributed by atoms with Crippen molar-refractivity contribution >= 4 is 5.91 Å². The largest absolute Gasteiger partial charge is 0.342 e. The summed E-state index contributed by atoms with van der Waals surface area (Å²) in [6.45, 7) is 8.33. The van der Waals surface area contributed by atoms with E-state index in [0.717, 1.165) is 45.1 Å². The van der Waals surface area contributed by atoms with Crippen molar-refractivity contribution in [1.82, 2.24) is 14.9 Å². The smallest absolute Gasteiger partial charge is 0.223 e. The molecule has 0 bridgehead atoms. The highest BCUT2D eigenvalue weighted by Gasteiger charge is 2.42. The zero-order valence-electron chi connectivity index (χ0n) is 16.5. The van der Waals surface area contributed by atoms with Crippen LogP contribution in [0, 0.1) is 11.3 Å². The predicted octanol–water partition coefficient (Wildman–Crippen LogP) is 2.91. The monoisotopic (exact) mass is 363 g/mol. The Kier molecular flexibility index (Phi) is 6.17. The lowest BCUT2D eigenvalue weighted by molar-refractivity contribution is -0.138. The number of hydrogen-bond donors (Lipinski definition) is 0. The Morgan fingerprint density at radius 1 is 0.962 bits per heavy atom. The molecule has 1 atom stereocenters. The zero-order valence-corrected chi connectivity index (χ0v) is 16.5. The van der Waals surface area contributed by atoms with E-state index in [2.05, 4.69) is 9.80 Å². The number of carbonyl (C=O) groups is 1. The molecule has 0 aromatic rings. The third-order valence-electron chi connectivity index (χ3n) is 7.17. The van der Waals surface area contributed by atoms with Gasteiger partial charge in [-0.1, -0.05) is 19.3 Å². The molecule has 1 aliphatic carbocycles. The Hall–Kier alpha value is -0.650. The van der Waals surface area contributed by atoms with E-state index in [4.69, 9.17) is 4.84 Å². The van der Waals surface area contributed by atoms with Crippen LogP contribution in [0.5, 0.6) is 0 Å². The van der Waals surface area contributed by atoms with Gasteiger partial charge in [-0.05, 0) is 51.0 Å². The quantitative estimate of drug-likeness (QED) is 0.752. The molecule has 1 amide bonds. The van der Waals surface area contributed by atoms with Crippen LogP contribution in [0.3, 0.4) is 0 Å². The molecule has 1 spiro atoms. The summed E-state index contributed by atoms with van der Waals surface area (Å²) in [4.78, 5) is 23.1. The van der Waals surface area contributed by atoms with Crippen LogP contribution in [0.25, 0.3) is 0 Å². The second-order valence-electron chi connectivity index (χ2n) is 9.27. The van der Waals surface area contributed by atoms with Crippen LogP contribution in [-0.2, 0) is 9.63 Å². The van der Waals surface area contributed by atoms with Gasteiger partial charge >= 0.3 is 0 Å². The molecule has 4 rings (SSSR count). The van der Waals surface area contributed by atoms with Crippen molar-refractivity contribution in [2.45, 2.75) is 64.2 Å². The van der Waals surface area contributed by atoms with E-state index in [1.165, 1.54) is 71.0 Å². The fourth-order valence-corrected chi connectivity index (χ4v) is 5.74. The standard InChI is InChI=1S/C21H37N3O2/c25-20(8-13-24-12-5-15-26-24)23-14-10-21(18-23)9-4-11-22(17-21)16-19-6-2-1-3-7-19/h19H,1-18H2/t21-/m0/s1. The molecule has 148 valence electrons. The van der Waals surface area contributed by atoms with Gasteiger partial charge in [0.25, 0.3) is 0 Å². The van der Waals surface area contributed by atoms with E-state index < -0.39 is 0 Å². The fraction of sp³-hybridized carbons (Fsp3) is 0.952. The van der Waals surface area contributed by atoms with Gasteiger partial charge in [0.1, 0.15) is 0 Å². The van der Waals surface area contributed by atoms with Gasteiger partial charge in [0, 0.05) is 51.1 Å². The van der Waals surface area contributed by atoms with E-state index in [-0.39, 0.29) is 0 Å². The molecule has 0 aromatic heterocycles. The minimum Gasteiger partial charge on any atom is -0.342 e. The summed E-state index contributed by atoms with van der Waals surface area (Å²) >= 11 is 0. The van der Waals surface area contributed by atoms with Crippen molar-refractivity contribution in [1.29, 1.82) is 0 Å². The third-order valence-corrected chi connectivity index (χ3v) is 7.17. The molecule has 5 heteroatoms. The van der Waals surface area contributed by atoms with Crippen molar-refractivity contribution in [3.8, 4) is 0 Å². The van der Waals surface area contributed by atoms with Gasteiger partial charge in [0.05, 0.1) is 6.61 Å². The Labute approximate surface area is 159 Å². The summed E-state index contributed by atoms with van der Waals surface area (Å²) in [6.07, 6.45) is 12.7. The van der Waals surface area contributed by atoms with Gasteiger partial charge < -0.3 is 9.80 Å². The average Bonchev–Trinajstić information content (AvgIpc) is 3.31. The van der Waals surface area contributed by atoms with Crippen molar-refractivity contribution in [3.05, 3.63) is 0 Å². The molecule has 1 saturated carbocycles. The van der Waals surface area contributed by atoms with Crippen LogP contribution in [0.4, 0.5) is 0 Å². The van der Waals surface area contributed by atoms with Crippen LogP contribution < -0.4 is 0 Å². The number of amides is 1. The zero-order chi connectivity index (χ0) is 17.8. The second kappa shape index (κ2) is 8.57. The van der Waals surface area contributed by atoms with Crippen LogP contribution in [0.1, 0.15) is 64.2 Å². The van der Waals surface area contributed by atoms with E-state index in [0.29, 0.717) is 17.7 Å². The van der Waals surface area contributed by atoms with Gasteiger partial charge in [-0.2, -0.15) is 5.06 Å². The van der Waals surface area contributed by atoms with Crippen LogP contribution >= 0.6 is 0 Å². The molecule has 4 fully saturated rings. The predicted molar refractivity (Wildman–Crippen MR) is 103 cm³/mol. The summed E-state index contributed by atoms with van der Waals surface area (Å²) in [7, 11) is 0. The molecular weight excluding hydrogens is 326 g/mol. The lowest BCUT2D eigenvalue weighted by Crippen LogP contribution is -2.47. The molecule has 3 heterocycles. The summed E-state index contributed by atoms with van der Waals surface area (Å²) in [5, 5.41) is 1.97. The number of nitrogens with zero attached hydrogens (tertiary/aromatic N) is 3. The highest BCUT2D eigenvalue weighted by Crippen LogP contribution is 2.40. The van der Waals surface area contributed by atoms with Crippen LogP contribution in [0.15, 0.2) is 0 Å². The normalized spacial score (nSPS) is 31.9. The Morgan fingerprint density at radius 2 is 1.85 bits per heavy atom. The van der Waals surface area contributed by atoms with E-state index in [1.807, 2.05) is 5.06 Å². The van der Waals surface area contributed by atoms with Crippen molar-refractivity contribution in [3.63, 3.8) is 0 Å². The Morgan fingerprint density at radius 3 is 2.65 bits per heavy atom. The number of hydroxylamine groups is 2. The fourth-order valence-electron chi connectivity index (χ4n) is 5.74. The molecule has 0 unspecified atom stereocenters. The highest BCUT2D eigenvalue weighted by molar-refractivity contribution is 5.76. The molecular formula is C21H37N3O2. The SMILES string of the molecule is O=C(CCN1CCCO1)N1CC[C@]2(CCCN(CC3CCCCC3)C2)C1. The first kappa shape index (κ1) is 18.7. The van der Waals surface area contributed by atoms with Crippen LogP contribution in [-0.4, -0.2) is 73.2 Å². The molecule has 26 heavy (non-hydrogen) atoms. The third kappa shape index (κ3) is 4.60. The van der Waals surface area contributed by atoms with Crippen LogP contribution in [0.2, 0.25) is 0 Å². The van der Waals surface area contributed by atoms with Crippen molar-refractivity contribution in [2.24, 2.45) is 11.3 Å². The topological polar surface area (TPSA) is 36.0 Å². The van der Waals surface area contributed by atoms with E-state index in [1.54, 1.807) is 0 Å². The maximum Gasteiger partial charge on any atom is 0.223 e. The molecule has 3 saturated heterocycles. The molecule has 4 aliphatic rings. The molecule has 0 aromatic carbocycles. The van der Waals surface area contributed by atoms with Crippen molar-refractivity contribution in [2.75, 3.05) is 52.4 Å². The number of likely N-dealkylation sites (tertiary alicyclic amines) is 2. The molecule has 5 nitrogen and oxygen atoms in total. The van der Waals surface area contributed by atoms with Gasteiger partial charge in [-0.15, -0.1) is 0 Å². The van der Waals surface area contributed by atoms with Gasteiger partial charge in [0.15, 0.2) is 0 Å². The first-order valence-electron chi connectivity index (χ1n) is 11.1. The van der Waals surface area contributed by atoms with Gasteiger partial charge in [-0.3, -0.25) is 9.63 Å². The summed E-state index contributed by atoms with van der Waals surface area (Å²) < 4.78 is 0. The minimum absolute atomic E-state index is 0.335. The molecule has 0 radical (unpaired) electrons.